The SMILES string of the molecule is CC(C)[C@H](NC(=O)OC(C)(C)C)C(=O)N[C@@H](CCOCC[Si](C)(C)C)C(=O)O. The van der Waals surface area contributed by atoms with Gasteiger partial charge in [-0.05, 0) is 32.7 Å². The number of aliphatic carboxylic acids is 1. The summed E-state index contributed by atoms with van der Waals surface area (Å²) in [6.07, 6.45) is -0.563. The van der Waals surface area contributed by atoms with Crippen LogP contribution in [0.3, 0.4) is 0 Å². The van der Waals surface area contributed by atoms with Crippen LogP contribution in [-0.4, -0.2) is 62.0 Å². The Kier molecular flexibility index (Phi) is 10.7. The fraction of sp³-hybridized carbons (Fsp3) is 0.842. The molecule has 0 fully saturated rings. The summed E-state index contributed by atoms with van der Waals surface area (Å²) < 4.78 is 10.7. The van der Waals surface area contributed by atoms with E-state index in [0.29, 0.717) is 6.61 Å². The molecule has 0 rings (SSSR count). The Labute approximate surface area is 169 Å². The minimum atomic E-state index is -1.21. The van der Waals surface area contributed by atoms with Gasteiger partial charge in [0.05, 0.1) is 0 Å². The van der Waals surface area contributed by atoms with E-state index in [4.69, 9.17) is 9.47 Å². The topological polar surface area (TPSA) is 114 Å². The number of ether oxygens (including phenoxy) is 2. The summed E-state index contributed by atoms with van der Waals surface area (Å²) >= 11 is 0. The maximum atomic E-state index is 12.5. The number of rotatable bonds is 11. The van der Waals surface area contributed by atoms with Gasteiger partial charge in [0.25, 0.3) is 0 Å². The van der Waals surface area contributed by atoms with Crippen molar-refractivity contribution in [1.82, 2.24) is 10.6 Å². The van der Waals surface area contributed by atoms with Crippen molar-refractivity contribution in [3.63, 3.8) is 0 Å². The third-order valence-electron chi connectivity index (χ3n) is 3.78. The predicted octanol–water partition coefficient (Wildman–Crippen LogP) is 2.85. The van der Waals surface area contributed by atoms with E-state index >= 15 is 0 Å². The molecule has 0 aromatic heterocycles. The molecule has 3 N–H and O–H groups in total. The zero-order valence-corrected chi connectivity index (χ0v) is 19.5. The molecule has 0 unspecified atom stereocenters. The monoisotopic (exact) mass is 418 g/mol. The number of carbonyl (C=O) groups excluding carboxylic acids is 2. The number of hydrogen-bond acceptors (Lipinski definition) is 5. The second-order valence-corrected chi connectivity index (χ2v) is 15.1. The lowest BCUT2D eigenvalue weighted by Gasteiger charge is -2.26. The Bertz CT molecular complexity index is 525. The van der Waals surface area contributed by atoms with E-state index in [2.05, 4.69) is 30.3 Å². The number of carboxylic acids is 1. The average Bonchev–Trinajstić information content (AvgIpc) is 2.47. The van der Waals surface area contributed by atoms with E-state index in [9.17, 15) is 19.5 Å². The second kappa shape index (κ2) is 11.4. The molecular formula is C19H38N2O6Si. The van der Waals surface area contributed by atoms with Gasteiger partial charge >= 0.3 is 12.1 Å². The quantitative estimate of drug-likeness (QED) is 0.351. The van der Waals surface area contributed by atoms with Crippen LogP contribution in [0.25, 0.3) is 0 Å². The Balaban J connectivity index is 4.72. The Morgan fingerprint density at radius 2 is 1.61 bits per heavy atom. The molecular weight excluding hydrogens is 380 g/mol. The minimum Gasteiger partial charge on any atom is -0.480 e. The smallest absolute Gasteiger partial charge is 0.408 e. The standard InChI is InChI=1S/C19H38N2O6Si/c1-13(2)15(21-18(25)27-19(3,4)5)16(22)20-14(17(23)24)9-10-26-11-12-28(6,7)8/h13-15H,9-12H2,1-8H3,(H,20,22)(H,21,25)(H,23,24)/t14-,15-/m0/s1. The number of nitrogens with one attached hydrogen (secondary N) is 2. The van der Waals surface area contributed by atoms with E-state index in [1.807, 2.05) is 0 Å². The molecule has 2 amide bonds. The summed E-state index contributed by atoms with van der Waals surface area (Å²) in [7, 11) is -1.21. The molecule has 0 saturated carbocycles. The van der Waals surface area contributed by atoms with Crippen LogP contribution in [0.2, 0.25) is 25.7 Å². The summed E-state index contributed by atoms with van der Waals surface area (Å²) in [6.45, 7) is 16.2. The lowest BCUT2D eigenvalue weighted by atomic mass is 10.0. The minimum absolute atomic E-state index is 0.157. The highest BCUT2D eigenvalue weighted by Crippen LogP contribution is 2.10. The lowest BCUT2D eigenvalue weighted by molar-refractivity contribution is -0.142. The second-order valence-electron chi connectivity index (χ2n) is 9.48. The van der Waals surface area contributed by atoms with Gasteiger partial charge in [-0.3, -0.25) is 4.79 Å². The van der Waals surface area contributed by atoms with Crippen molar-refractivity contribution in [2.45, 2.75) is 84.4 Å². The largest absolute Gasteiger partial charge is 0.480 e. The van der Waals surface area contributed by atoms with Crippen LogP contribution in [0.1, 0.15) is 41.0 Å². The maximum absolute atomic E-state index is 12.5. The van der Waals surface area contributed by atoms with Gasteiger partial charge < -0.3 is 25.2 Å². The Hall–Kier alpha value is -1.61. The fourth-order valence-corrected chi connectivity index (χ4v) is 2.93. The molecule has 2 atom stereocenters. The van der Waals surface area contributed by atoms with Gasteiger partial charge in [0, 0.05) is 27.7 Å². The molecule has 0 saturated heterocycles. The highest BCUT2D eigenvalue weighted by atomic mass is 28.3. The summed E-state index contributed by atoms with van der Waals surface area (Å²) in [6, 6.07) is -0.989. The first-order valence-corrected chi connectivity index (χ1v) is 13.4. The molecule has 0 aromatic rings. The van der Waals surface area contributed by atoms with Crippen LogP contribution < -0.4 is 10.6 Å². The third-order valence-corrected chi connectivity index (χ3v) is 5.49. The molecule has 0 heterocycles. The number of hydrogen-bond donors (Lipinski definition) is 3. The highest BCUT2D eigenvalue weighted by molar-refractivity contribution is 6.76. The summed E-state index contributed by atoms with van der Waals surface area (Å²) in [5.74, 6) is -1.94. The van der Waals surface area contributed by atoms with Gasteiger partial charge in [0.2, 0.25) is 5.91 Å². The van der Waals surface area contributed by atoms with Crippen molar-refractivity contribution in [1.29, 1.82) is 0 Å². The van der Waals surface area contributed by atoms with Crippen LogP contribution in [0.15, 0.2) is 0 Å². The zero-order valence-electron chi connectivity index (χ0n) is 18.5. The predicted molar refractivity (Wildman–Crippen MR) is 111 cm³/mol. The van der Waals surface area contributed by atoms with E-state index in [-0.39, 0.29) is 18.9 Å². The molecule has 0 aliphatic rings. The van der Waals surface area contributed by atoms with Crippen molar-refractivity contribution in [2.75, 3.05) is 13.2 Å². The van der Waals surface area contributed by atoms with E-state index in [0.717, 1.165) is 6.04 Å². The van der Waals surface area contributed by atoms with Crippen molar-refractivity contribution < 1.29 is 29.0 Å². The maximum Gasteiger partial charge on any atom is 0.408 e. The number of carboxylic acid groups (broad SMARTS) is 1. The first-order chi connectivity index (χ1) is 12.6. The Morgan fingerprint density at radius 1 is 1.04 bits per heavy atom. The molecule has 28 heavy (non-hydrogen) atoms. The molecule has 8 nitrogen and oxygen atoms in total. The molecule has 9 heteroatoms. The molecule has 0 aliphatic carbocycles. The molecule has 0 bridgehead atoms. The van der Waals surface area contributed by atoms with Gasteiger partial charge in [0.1, 0.15) is 17.7 Å². The van der Waals surface area contributed by atoms with Crippen LogP contribution >= 0.6 is 0 Å². The van der Waals surface area contributed by atoms with Gasteiger partial charge in [-0.1, -0.05) is 33.5 Å². The molecule has 0 spiro atoms. The average molecular weight is 419 g/mol. The van der Waals surface area contributed by atoms with Crippen LogP contribution in [0.4, 0.5) is 4.79 Å². The van der Waals surface area contributed by atoms with E-state index in [1.54, 1.807) is 34.6 Å². The number of amides is 2. The van der Waals surface area contributed by atoms with Crippen LogP contribution in [0.5, 0.6) is 0 Å². The fourth-order valence-electron chi connectivity index (χ4n) is 2.17. The summed E-state index contributed by atoms with van der Waals surface area (Å²) in [5, 5.41) is 14.4. The highest BCUT2D eigenvalue weighted by Gasteiger charge is 2.30. The Morgan fingerprint density at radius 3 is 2.04 bits per heavy atom. The third kappa shape index (κ3) is 12.7. The van der Waals surface area contributed by atoms with Crippen LogP contribution in [-0.2, 0) is 19.1 Å². The summed E-state index contributed by atoms with van der Waals surface area (Å²) in [5.41, 5.74) is -0.695. The first-order valence-electron chi connectivity index (χ1n) is 9.73. The van der Waals surface area contributed by atoms with Gasteiger partial charge in [-0.15, -0.1) is 0 Å². The van der Waals surface area contributed by atoms with E-state index < -0.39 is 43.7 Å². The van der Waals surface area contributed by atoms with Gasteiger partial charge in [-0.2, -0.15) is 0 Å². The van der Waals surface area contributed by atoms with E-state index in [1.165, 1.54) is 0 Å². The lowest BCUT2D eigenvalue weighted by Crippen LogP contribution is -2.54. The van der Waals surface area contributed by atoms with Gasteiger partial charge in [-0.25, -0.2) is 9.59 Å². The number of alkyl carbamates (subject to hydrolysis) is 1. The molecule has 0 aromatic carbocycles. The van der Waals surface area contributed by atoms with Crippen molar-refractivity contribution in [2.24, 2.45) is 5.92 Å². The molecule has 0 aliphatic heterocycles. The van der Waals surface area contributed by atoms with Gasteiger partial charge in [0.15, 0.2) is 0 Å². The van der Waals surface area contributed by atoms with Crippen molar-refractivity contribution in [3.8, 4) is 0 Å². The molecule has 0 radical (unpaired) electrons. The first kappa shape index (κ1) is 26.4. The molecule has 164 valence electrons. The van der Waals surface area contributed by atoms with Crippen molar-refractivity contribution in [3.05, 3.63) is 0 Å². The van der Waals surface area contributed by atoms with Crippen molar-refractivity contribution >= 4 is 26.0 Å². The normalized spacial score (nSPS) is 14.3. The summed E-state index contributed by atoms with van der Waals surface area (Å²) in [4.78, 5) is 36.0. The number of carbonyl (C=O) groups is 3. The van der Waals surface area contributed by atoms with Crippen LogP contribution in [0, 0.1) is 5.92 Å². The zero-order chi connectivity index (χ0) is 22.1.